The van der Waals surface area contributed by atoms with Crippen LogP contribution in [0.25, 0.3) is 0 Å². The Morgan fingerprint density at radius 1 is 1.00 bits per heavy atom. The van der Waals surface area contributed by atoms with Gasteiger partial charge in [-0.05, 0) is 41.5 Å². The number of esters is 1. The average molecular weight is 230 g/mol. The lowest BCUT2D eigenvalue weighted by Crippen LogP contribution is -2.48. The van der Waals surface area contributed by atoms with E-state index in [1.165, 1.54) is 0 Å². The van der Waals surface area contributed by atoms with Gasteiger partial charge in [0.2, 0.25) is 0 Å². The van der Waals surface area contributed by atoms with E-state index in [0.717, 1.165) is 0 Å². The Balaban J connectivity index is 4.88. The summed E-state index contributed by atoms with van der Waals surface area (Å²) in [5.74, 6) is -0.770. The predicted octanol–water partition coefficient (Wildman–Crippen LogP) is 1.96. The van der Waals surface area contributed by atoms with Gasteiger partial charge in [-0.25, -0.2) is 0 Å². The van der Waals surface area contributed by atoms with Crippen LogP contribution < -0.4 is 0 Å². The molecule has 0 aliphatic carbocycles. The lowest BCUT2D eigenvalue weighted by Gasteiger charge is -2.31. The summed E-state index contributed by atoms with van der Waals surface area (Å²) in [7, 11) is 0. The maximum atomic E-state index is 12.2. The van der Waals surface area contributed by atoms with Gasteiger partial charge in [0.05, 0.1) is 6.61 Å². The van der Waals surface area contributed by atoms with Gasteiger partial charge in [-0.3, -0.25) is 9.59 Å². The van der Waals surface area contributed by atoms with Crippen LogP contribution in [0.15, 0.2) is 0 Å². The molecule has 0 spiro atoms. The molecule has 0 saturated carbocycles. The maximum Gasteiger partial charge on any atom is 0.319 e. The number of ether oxygens (including phenoxy) is 2. The smallest absolute Gasteiger partial charge is 0.319 e. The van der Waals surface area contributed by atoms with Gasteiger partial charge in [-0.1, -0.05) is 0 Å². The zero-order valence-corrected chi connectivity index (χ0v) is 11.0. The Morgan fingerprint density at radius 3 is 1.88 bits per heavy atom. The molecule has 0 aromatic carbocycles. The summed E-state index contributed by atoms with van der Waals surface area (Å²) < 4.78 is 10.2. The van der Waals surface area contributed by atoms with E-state index in [4.69, 9.17) is 9.47 Å². The molecule has 0 aromatic heterocycles. The minimum Gasteiger partial charge on any atom is -0.465 e. The third-order valence-corrected chi connectivity index (χ3v) is 2.41. The normalized spacial score (nSPS) is 12.4. The van der Waals surface area contributed by atoms with E-state index in [9.17, 15) is 9.59 Å². The first-order chi connectivity index (χ1) is 7.20. The fraction of sp³-hybridized carbons (Fsp3) is 0.833. The molecule has 0 amide bonds. The molecule has 0 aliphatic rings. The number of hydrogen-bond acceptors (Lipinski definition) is 4. The maximum absolute atomic E-state index is 12.2. The topological polar surface area (TPSA) is 52.6 Å². The van der Waals surface area contributed by atoms with E-state index in [-0.39, 0.29) is 12.4 Å². The number of rotatable bonds is 6. The molecule has 0 aliphatic heterocycles. The van der Waals surface area contributed by atoms with Crippen LogP contribution in [0.5, 0.6) is 0 Å². The van der Waals surface area contributed by atoms with Crippen LogP contribution in [0.4, 0.5) is 0 Å². The molecular weight excluding hydrogens is 208 g/mol. The van der Waals surface area contributed by atoms with Gasteiger partial charge in [0.25, 0.3) is 0 Å². The van der Waals surface area contributed by atoms with Crippen molar-refractivity contribution in [2.75, 3.05) is 13.2 Å². The van der Waals surface area contributed by atoms with Gasteiger partial charge < -0.3 is 9.47 Å². The largest absolute Gasteiger partial charge is 0.465 e. The molecule has 94 valence electrons. The summed E-state index contributed by atoms with van der Waals surface area (Å²) in [5.41, 5.74) is -2.14. The van der Waals surface area contributed by atoms with Crippen LogP contribution in [0.2, 0.25) is 0 Å². The first-order valence-corrected chi connectivity index (χ1v) is 5.56. The molecule has 0 aromatic rings. The average Bonchev–Trinajstić information content (AvgIpc) is 2.16. The van der Waals surface area contributed by atoms with Gasteiger partial charge in [-0.15, -0.1) is 0 Å². The van der Waals surface area contributed by atoms with Crippen molar-refractivity contribution in [2.45, 2.75) is 47.1 Å². The Morgan fingerprint density at radius 2 is 1.50 bits per heavy atom. The van der Waals surface area contributed by atoms with Crippen LogP contribution in [0, 0.1) is 5.41 Å². The van der Waals surface area contributed by atoms with Crippen LogP contribution in [0.3, 0.4) is 0 Å². The molecule has 0 N–H and O–H groups in total. The van der Waals surface area contributed by atoms with Crippen LogP contribution in [-0.4, -0.2) is 30.6 Å². The summed E-state index contributed by atoms with van der Waals surface area (Å²) in [6.45, 7) is 10.7. The zero-order chi connectivity index (χ0) is 13.0. The minimum absolute atomic E-state index is 0.264. The highest BCUT2D eigenvalue weighted by Crippen LogP contribution is 2.27. The molecule has 0 radical (unpaired) electrons. The fourth-order valence-corrected chi connectivity index (χ4v) is 1.58. The molecule has 0 atom stereocenters. The summed E-state index contributed by atoms with van der Waals surface area (Å²) >= 11 is 0. The highest BCUT2D eigenvalue weighted by Gasteiger charge is 2.45. The van der Waals surface area contributed by atoms with E-state index in [1.54, 1.807) is 34.6 Å². The molecule has 4 heteroatoms. The summed E-state index contributed by atoms with van der Waals surface area (Å²) in [5, 5.41) is 0. The quantitative estimate of drug-likeness (QED) is 0.517. The Hall–Kier alpha value is -0.900. The SMILES string of the molecule is CCOC(=O)C(C)(C)C(=O)C(C)(C)OCC. The lowest BCUT2D eigenvalue weighted by molar-refractivity contribution is -0.166. The highest BCUT2D eigenvalue weighted by molar-refractivity contribution is 6.06. The van der Waals surface area contributed by atoms with E-state index in [1.807, 2.05) is 6.92 Å². The summed E-state index contributed by atoms with van der Waals surface area (Å²) in [6, 6.07) is 0. The molecular formula is C12H22O4. The van der Waals surface area contributed by atoms with E-state index in [2.05, 4.69) is 0 Å². The number of ketones is 1. The Bertz CT molecular complexity index is 266. The van der Waals surface area contributed by atoms with E-state index < -0.39 is 17.0 Å². The van der Waals surface area contributed by atoms with Crippen molar-refractivity contribution < 1.29 is 19.1 Å². The monoisotopic (exact) mass is 230 g/mol. The predicted molar refractivity (Wildman–Crippen MR) is 61.1 cm³/mol. The number of carbonyl (C=O) groups is 2. The van der Waals surface area contributed by atoms with Crippen molar-refractivity contribution in [1.29, 1.82) is 0 Å². The molecule has 16 heavy (non-hydrogen) atoms. The first-order valence-electron chi connectivity index (χ1n) is 5.56. The van der Waals surface area contributed by atoms with Gasteiger partial charge in [0.15, 0.2) is 5.78 Å². The molecule has 0 rings (SSSR count). The third-order valence-electron chi connectivity index (χ3n) is 2.41. The van der Waals surface area contributed by atoms with Gasteiger partial charge >= 0.3 is 5.97 Å². The van der Waals surface area contributed by atoms with Crippen molar-refractivity contribution in [3.8, 4) is 0 Å². The van der Waals surface area contributed by atoms with Gasteiger partial charge in [0.1, 0.15) is 11.0 Å². The van der Waals surface area contributed by atoms with Crippen LogP contribution in [0.1, 0.15) is 41.5 Å². The third kappa shape index (κ3) is 3.30. The van der Waals surface area contributed by atoms with Crippen LogP contribution >= 0.6 is 0 Å². The highest BCUT2D eigenvalue weighted by atomic mass is 16.5. The number of hydrogen-bond donors (Lipinski definition) is 0. The lowest BCUT2D eigenvalue weighted by atomic mass is 9.80. The zero-order valence-electron chi connectivity index (χ0n) is 11.0. The number of Topliss-reactive ketones (excluding diaryl/α,β-unsaturated/α-hetero) is 1. The van der Waals surface area contributed by atoms with E-state index >= 15 is 0 Å². The number of carbonyl (C=O) groups excluding carboxylic acids is 2. The summed E-state index contributed by atoms with van der Waals surface area (Å²) in [4.78, 5) is 23.8. The van der Waals surface area contributed by atoms with E-state index in [0.29, 0.717) is 6.61 Å². The van der Waals surface area contributed by atoms with Gasteiger partial charge in [-0.2, -0.15) is 0 Å². The van der Waals surface area contributed by atoms with Crippen molar-refractivity contribution >= 4 is 11.8 Å². The second kappa shape index (κ2) is 5.43. The van der Waals surface area contributed by atoms with Crippen molar-refractivity contribution in [3.05, 3.63) is 0 Å². The minimum atomic E-state index is -1.17. The molecule has 4 nitrogen and oxygen atoms in total. The Labute approximate surface area is 97.3 Å². The Kier molecular flexibility index (Phi) is 5.13. The van der Waals surface area contributed by atoms with Gasteiger partial charge in [0, 0.05) is 6.61 Å². The standard InChI is InChI=1S/C12H22O4/c1-7-15-10(14)11(3,4)9(13)12(5,6)16-8-2/h7-8H2,1-6H3. The molecule has 0 fully saturated rings. The fourth-order valence-electron chi connectivity index (χ4n) is 1.58. The molecule has 0 saturated heterocycles. The van der Waals surface area contributed by atoms with Crippen molar-refractivity contribution in [2.24, 2.45) is 5.41 Å². The van der Waals surface area contributed by atoms with Crippen LogP contribution in [-0.2, 0) is 19.1 Å². The first kappa shape index (κ1) is 15.1. The second-order valence-corrected chi connectivity index (χ2v) is 4.62. The second-order valence-electron chi connectivity index (χ2n) is 4.62. The van der Waals surface area contributed by atoms with Crippen molar-refractivity contribution in [3.63, 3.8) is 0 Å². The molecule has 0 unspecified atom stereocenters. The molecule has 0 bridgehead atoms. The molecule has 0 heterocycles. The summed E-state index contributed by atoms with van der Waals surface area (Å²) in [6.07, 6.45) is 0. The van der Waals surface area contributed by atoms with Crippen molar-refractivity contribution in [1.82, 2.24) is 0 Å².